The van der Waals surface area contributed by atoms with Crippen LogP contribution in [-0.4, -0.2) is 33.9 Å². The number of benzene rings is 1. The maximum Gasteiger partial charge on any atom is 0.573 e. The van der Waals surface area contributed by atoms with Crippen LogP contribution >= 0.6 is 23.6 Å². The molecule has 2 aromatic heterocycles. The Morgan fingerprint density at radius 1 is 1.09 bits per heavy atom. The Morgan fingerprint density at radius 3 is 2.52 bits per heavy atom. The summed E-state index contributed by atoms with van der Waals surface area (Å²) < 4.78 is 41.4. The Balaban J connectivity index is 1.70. The summed E-state index contributed by atoms with van der Waals surface area (Å²) >= 11 is 6.96. The molecule has 0 fully saturated rings. The van der Waals surface area contributed by atoms with Gasteiger partial charge in [0.15, 0.2) is 5.11 Å². The van der Waals surface area contributed by atoms with Gasteiger partial charge in [-0.3, -0.25) is 10.3 Å². The van der Waals surface area contributed by atoms with E-state index in [0.29, 0.717) is 24.1 Å². The molecule has 3 rings (SSSR count). The third-order valence-electron chi connectivity index (χ3n) is 3.98. The number of guanidine groups is 1. The molecule has 0 saturated carbocycles. The maximum absolute atomic E-state index is 12.5. The largest absolute Gasteiger partial charge is 0.573 e. The zero-order chi connectivity index (χ0) is 23.8. The molecule has 0 saturated heterocycles. The first-order valence-electron chi connectivity index (χ1n) is 9.76. The van der Waals surface area contributed by atoms with Crippen LogP contribution in [0.3, 0.4) is 0 Å². The average molecular weight is 495 g/mol. The lowest BCUT2D eigenvalue weighted by molar-refractivity contribution is -0.274. The van der Waals surface area contributed by atoms with Crippen molar-refractivity contribution < 1.29 is 17.9 Å². The van der Waals surface area contributed by atoms with Crippen molar-refractivity contribution in [3.63, 3.8) is 0 Å². The van der Waals surface area contributed by atoms with Crippen molar-refractivity contribution in [2.45, 2.75) is 26.6 Å². The quantitative estimate of drug-likeness (QED) is 0.251. The van der Waals surface area contributed by atoms with E-state index in [1.165, 1.54) is 23.1 Å². The van der Waals surface area contributed by atoms with E-state index >= 15 is 0 Å². The van der Waals surface area contributed by atoms with Crippen LogP contribution in [0.2, 0.25) is 0 Å². The lowest BCUT2D eigenvalue weighted by Crippen LogP contribution is -2.39. The number of ether oxygens (including phenoxy) is 1. The number of hydrogen-bond donors (Lipinski definition) is 3. The van der Waals surface area contributed by atoms with Crippen LogP contribution in [0.15, 0.2) is 52.8 Å². The number of aromatic nitrogens is 2. The van der Waals surface area contributed by atoms with E-state index in [2.05, 4.69) is 35.6 Å². The van der Waals surface area contributed by atoms with Gasteiger partial charge >= 0.3 is 6.36 Å². The van der Waals surface area contributed by atoms with Gasteiger partial charge in [-0.2, -0.15) is 0 Å². The number of aliphatic imine (C=N–C) groups is 1. The molecule has 0 radical (unpaired) electrons. The first-order chi connectivity index (χ1) is 15.7. The van der Waals surface area contributed by atoms with Gasteiger partial charge < -0.3 is 15.4 Å². The fourth-order valence-electron chi connectivity index (χ4n) is 2.77. The number of alkyl halides is 3. The average Bonchev–Trinajstić information content (AvgIpc) is 3.19. The van der Waals surface area contributed by atoms with Crippen molar-refractivity contribution in [2.24, 2.45) is 4.99 Å². The third kappa shape index (κ3) is 8.66. The third-order valence-corrected chi connectivity index (χ3v) is 5.12. The first kappa shape index (κ1) is 24.4. The van der Waals surface area contributed by atoms with Crippen LogP contribution in [0.1, 0.15) is 16.3 Å². The van der Waals surface area contributed by atoms with Gasteiger partial charge in [0.25, 0.3) is 0 Å². The van der Waals surface area contributed by atoms with Crippen molar-refractivity contribution in [1.29, 1.82) is 0 Å². The number of rotatable bonds is 6. The van der Waals surface area contributed by atoms with Crippen LogP contribution in [-0.2, 0) is 6.42 Å². The van der Waals surface area contributed by atoms with Crippen molar-refractivity contribution in [3.8, 4) is 5.75 Å². The standard InChI is InChI=1S/C21H21F3N6OS2/c1-13-11-14(2)27-19(26-13)29-18(25-9-8-17-7-4-10-33-17)30-20(32)28-15-5-3-6-16(12-15)31-21(22,23)24/h3-7,10-12H,8-9H2,1-2H3,(H3,25,26,27,28,29,30,32). The number of thiophene rings is 1. The minimum atomic E-state index is -4.78. The number of hydrogen-bond acceptors (Lipinski definition) is 6. The molecule has 7 nitrogen and oxygen atoms in total. The van der Waals surface area contributed by atoms with Gasteiger partial charge in [0.1, 0.15) is 5.75 Å². The van der Waals surface area contributed by atoms with Crippen molar-refractivity contribution in [1.82, 2.24) is 15.3 Å². The minimum absolute atomic E-state index is 0.117. The van der Waals surface area contributed by atoms with E-state index in [1.807, 2.05) is 37.4 Å². The van der Waals surface area contributed by atoms with Gasteiger partial charge in [0.05, 0.1) is 0 Å². The predicted molar refractivity (Wildman–Crippen MR) is 128 cm³/mol. The monoisotopic (exact) mass is 494 g/mol. The summed E-state index contributed by atoms with van der Waals surface area (Å²) in [6, 6.07) is 11.2. The van der Waals surface area contributed by atoms with Crippen LogP contribution < -0.4 is 20.7 Å². The summed E-state index contributed by atoms with van der Waals surface area (Å²) in [5.74, 6) is 0.289. The highest BCUT2D eigenvalue weighted by molar-refractivity contribution is 7.80. The Labute approximate surface area is 198 Å². The topological polar surface area (TPSA) is 83.5 Å². The molecule has 3 N–H and O–H groups in total. The van der Waals surface area contributed by atoms with Crippen molar-refractivity contribution >= 4 is 46.3 Å². The number of anilines is 2. The van der Waals surface area contributed by atoms with Gasteiger partial charge in [0, 0.05) is 41.0 Å². The molecule has 33 heavy (non-hydrogen) atoms. The van der Waals surface area contributed by atoms with E-state index in [1.54, 1.807) is 17.4 Å². The van der Waals surface area contributed by atoms with Crippen LogP contribution in [0, 0.1) is 13.8 Å². The molecule has 174 valence electrons. The second-order valence-corrected chi connectivity index (χ2v) is 8.25. The predicted octanol–water partition coefficient (Wildman–Crippen LogP) is 5.05. The molecule has 2 heterocycles. The van der Waals surface area contributed by atoms with E-state index in [0.717, 1.165) is 17.8 Å². The molecule has 12 heteroatoms. The van der Waals surface area contributed by atoms with E-state index < -0.39 is 6.36 Å². The zero-order valence-corrected chi connectivity index (χ0v) is 19.4. The number of halogens is 3. The maximum atomic E-state index is 12.5. The van der Waals surface area contributed by atoms with Gasteiger partial charge in [0.2, 0.25) is 11.9 Å². The number of nitrogens with zero attached hydrogens (tertiary/aromatic N) is 3. The van der Waals surface area contributed by atoms with E-state index in [9.17, 15) is 13.2 Å². The summed E-state index contributed by atoms with van der Waals surface area (Å²) in [7, 11) is 0. The second kappa shape index (κ2) is 11.1. The highest BCUT2D eigenvalue weighted by Gasteiger charge is 2.31. The van der Waals surface area contributed by atoms with Crippen LogP contribution in [0.25, 0.3) is 0 Å². The molecular formula is C21H21F3N6OS2. The first-order valence-corrected chi connectivity index (χ1v) is 11.0. The molecule has 0 spiro atoms. The Kier molecular flexibility index (Phi) is 8.17. The fourth-order valence-corrected chi connectivity index (χ4v) is 3.68. The molecule has 0 aliphatic rings. The molecule has 0 atom stereocenters. The molecule has 0 unspecified atom stereocenters. The molecule has 0 aliphatic heterocycles. The summed E-state index contributed by atoms with van der Waals surface area (Å²) in [4.78, 5) is 14.4. The Hall–Kier alpha value is -3.25. The van der Waals surface area contributed by atoms with Crippen LogP contribution in [0.5, 0.6) is 5.75 Å². The summed E-state index contributed by atoms with van der Waals surface area (Å²) in [6.45, 7) is 4.17. The van der Waals surface area contributed by atoms with Gasteiger partial charge in [-0.1, -0.05) is 12.1 Å². The molecular weight excluding hydrogens is 473 g/mol. The van der Waals surface area contributed by atoms with Crippen LogP contribution in [0.4, 0.5) is 24.8 Å². The van der Waals surface area contributed by atoms with Gasteiger partial charge in [-0.25, -0.2) is 9.97 Å². The van der Waals surface area contributed by atoms with Crippen molar-refractivity contribution in [3.05, 3.63) is 64.1 Å². The molecule has 1 aromatic carbocycles. The van der Waals surface area contributed by atoms with Crippen molar-refractivity contribution in [2.75, 3.05) is 17.2 Å². The van der Waals surface area contributed by atoms with Gasteiger partial charge in [-0.05, 0) is 55.7 Å². The normalized spacial score (nSPS) is 11.7. The molecule has 0 bridgehead atoms. The summed E-state index contributed by atoms with van der Waals surface area (Å²) in [5.41, 5.74) is 1.88. The highest BCUT2D eigenvalue weighted by atomic mass is 32.1. The lowest BCUT2D eigenvalue weighted by atomic mass is 10.3. The molecule has 0 amide bonds. The smallest absolute Gasteiger partial charge is 0.406 e. The highest BCUT2D eigenvalue weighted by Crippen LogP contribution is 2.25. The Morgan fingerprint density at radius 2 is 1.85 bits per heavy atom. The number of aryl methyl sites for hydroxylation is 2. The number of thiocarbonyl (C=S) groups is 1. The molecule has 0 aliphatic carbocycles. The second-order valence-electron chi connectivity index (χ2n) is 6.81. The Bertz CT molecular complexity index is 1100. The van der Waals surface area contributed by atoms with E-state index in [4.69, 9.17) is 12.2 Å². The minimum Gasteiger partial charge on any atom is -0.406 e. The summed E-state index contributed by atoms with van der Waals surface area (Å²) in [5, 5.41) is 10.9. The molecule has 3 aromatic rings. The van der Waals surface area contributed by atoms with Gasteiger partial charge in [-0.15, -0.1) is 24.5 Å². The SMILES string of the molecule is Cc1cc(C)nc(NC(=NCCc2cccs2)NC(=S)Nc2cccc(OC(F)(F)F)c2)n1. The number of nitrogens with one attached hydrogen (secondary N) is 3. The lowest BCUT2D eigenvalue weighted by Gasteiger charge is -2.15. The van der Waals surface area contributed by atoms with E-state index in [-0.39, 0.29) is 10.9 Å². The zero-order valence-electron chi connectivity index (χ0n) is 17.7. The fraction of sp³-hybridized carbons (Fsp3) is 0.238. The summed E-state index contributed by atoms with van der Waals surface area (Å²) in [6.07, 6.45) is -4.05.